The third-order valence-electron chi connectivity index (χ3n) is 4.77. The van der Waals surface area contributed by atoms with Crippen LogP contribution in [0.15, 0.2) is 41.6 Å². The van der Waals surface area contributed by atoms with E-state index in [9.17, 15) is 8.42 Å². The van der Waals surface area contributed by atoms with Crippen molar-refractivity contribution in [2.75, 3.05) is 31.1 Å². The molecule has 0 amide bonds. The molecule has 0 atom stereocenters. The largest absolute Gasteiger partial charge is 0.494 e. The molecule has 0 aliphatic carbocycles. The maximum Gasteiger partial charge on any atom is 0.240 e. The zero-order valence-electron chi connectivity index (χ0n) is 15.8. The van der Waals surface area contributed by atoms with Gasteiger partial charge in [0.15, 0.2) is 0 Å². The van der Waals surface area contributed by atoms with Gasteiger partial charge in [-0.1, -0.05) is 0 Å². The molecule has 0 bridgehead atoms. The summed E-state index contributed by atoms with van der Waals surface area (Å²) in [5, 5.41) is 0. The lowest BCUT2D eigenvalue weighted by Gasteiger charge is -2.31. The summed E-state index contributed by atoms with van der Waals surface area (Å²) in [5.41, 5.74) is 0.816. The maximum absolute atomic E-state index is 12.6. The molecule has 1 fully saturated rings. The van der Waals surface area contributed by atoms with Gasteiger partial charge in [0.1, 0.15) is 5.75 Å². The molecule has 1 aromatic carbocycles. The highest BCUT2D eigenvalue weighted by Gasteiger charge is 2.23. The fourth-order valence-electron chi connectivity index (χ4n) is 3.21. The summed E-state index contributed by atoms with van der Waals surface area (Å²) >= 11 is 0. The lowest BCUT2D eigenvalue weighted by molar-refractivity contribution is 0.337. The highest BCUT2D eigenvalue weighted by Crippen LogP contribution is 2.23. The Kier molecular flexibility index (Phi) is 6.28. The summed E-state index contributed by atoms with van der Waals surface area (Å²) in [6.07, 6.45) is 5.29. The summed E-state index contributed by atoms with van der Waals surface area (Å²) in [6.45, 7) is 6.42. The molecule has 146 valence electrons. The Morgan fingerprint density at radius 2 is 1.93 bits per heavy atom. The van der Waals surface area contributed by atoms with Crippen LogP contribution >= 0.6 is 0 Å². The van der Waals surface area contributed by atoms with E-state index in [0.29, 0.717) is 24.8 Å². The Labute approximate surface area is 160 Å². The van der Waals surface area contributed by atoms with E-state index in [0.717, 1.165) is 37.4 Å². The van der Waals surface area contributed by atoms with Crippen molar-refractivity contribution in [1.29, 1.82) is 0 Å². The summed E-state index contributed by atoms with van der Waals surface area (Å²) in [5.74, 6) is 1.76. The summed E-state index contributed by atoms with van der Waals surface area (Å²) in [4.78, 5) is 11.0. The molecule has 1 N–H and O–H groups in total. The normalized spacial score (nSPS) is 15.7. The Morgan fingerprint density at radius 1 is 1.22 bits per heavy atom. The number of nitrogens with one attached hydrogen (secondary N) is 1. The van der Waals surface area contributed by atoms with Crippen molar-refractivity contribution in [3.8, 4) is 5.75 Å². The number of hydrogen-bond donors (Lipinski definition) is 1. The first-order valence-electron chi connectivity index (χ1n) is 9.24. The van der Waals surface area contributed by atoms with Gasteiger partial charge in [-0.3, -0.25) is 0 Å². The zero-order valence-corrected chi connectivity index (χ0v) is 16.6. The van der Waals surface area contributed by atoms with Gasteiger partial charge in [-0.2, -0.15) is 0 Å². The van der Waals surface area contributed by atoms with Crippen molar-refractivity contribution in [3.63, 3.8) is 0 Å². The second-order valence-corrected chi connectivity index (χ2v) is 8.46. The van der Waals surface area contributed by atoms with Gasteiger partial charge in [0, 0.05) is 32.0 Å². The van der Waals surface area contributed by atoms with E-state index in [-0.39, 0.29) is 4.90 Å². The molecule has 1 aliphatic rings. The molecule has 8 heteroatoms. The number of anilines is 1. The Hall–Kier alpha value is -2.19. The van der Waals surface area contributed by atoms with Crippen molar-refractivity contribution in [1.82, 2.24) is 14.7 Å². The number of aromatic nitrogens is 2. The number of piperidine rings is 1. The smallest absolute Gasteiger partial charge is 0.240 e. The number of benzene rings is 1. The van der Waals surface area contributed by atoms with Crippen molar-refractivity contribution in [2.45, 2.75) is 31.6 Å². The van der Waals surface area contributed by atoms with Crippen LogP contribution in [0.2, 0.25) is 0 Å². The minimum Gasteiger partial charge on any atom is -0.494 e. The van der Waals surface area contributed by atoms with E-state index >= 15 is 0 Å². The molecule has 0 spiro atoms. The number of aryl methyl sites for hydroxylation is 1. The van der Waals surface area contributed by atoms with Gasteiger partial charge in [0.25, 0.3) is 0 Å². The highest BCUT2D eigenvalue weighted by atomic mass is 32.2. The van der Waals surface area contributed by atoms with Crippen LogP contribution in [0.5, 0.6) is 5.75 Å². The van der Waals surface area contributed by atoms with Gasteiger partial charge in [0.2, 0.25) is 16.0 Å². The molecule has 7 nitrogen and oxygen atoms in total. The monoisotopic (exact) mass is 390 g/mol. The molecule has 3 rings (SSSR count). The van der Waals surface area contributed by atoms with Gasteiger partial charge in [-0.05, 0) is 62.4 Å². The van der Waals surface area contributed by atoms with Crippen LogP contribution in [0.3, 0.4) is 0 Å². The number of nitrogens with zero attached hydrogens (tertiary/aromatic N) is 3. The molecule has 1 aromatic heterocycles. The highest BCUT2D eigenvalue weighted by molar-refractivity contribution is 7.89. The number of rotatable bonds is 7. The molecule has 0 unspecified atom stereocenters. The van der Waals surface area contributed by atoms with Gasteiger partial charge in [-0.25, -0.2) is 23.1 Å². The van der Waals surface area contributed by atoms with E-state index in [1.807, 2.05) is 13.8 Å². The summed E-state index contributed by atoms with van der Waals surface area (Å²) in [7, 11) is -3.52. The average molecular weight is 391 g/mol. The van der Waals surface area contributed by atoms with E-state index in [1.54, 1.807) is 36.7 Å². The lowest BCUT2D eigenvalue weighted by Crippen LogP contribution is -2.39. The third-order valence-corrected chi connectivity index (χ3v) is 6.19. The lowest BCUT2D eigenvalue weighted by atomic mass is 9.97. The standard InChI is InChI=1S/C19H26N4O3S/c1-3-26-18-6-5-17(13-15(18)2)27(24,25)22-14-16-7-11-23(12-8-16)19-20-9-4-10-21-19/h4-6,9-10,13,16,22H,3,7-8,11-12,14H2,1-2H3. The first kappa shape index (κ1) is 19.6. The summed E-state index contributed by atoms with van der Waals surface area (Å²) in [6, 6.07) is 6.76. The fourth-order valence-corrected chi connectivity index (χ4v) is 4.41. The molecular formula is C19H26N4O3S. The van der Waals surface area contributed by atoms with Gasteiger partial charge in [-0.15, -0.1) is 0 Å². The van der Waals surface area contributed by atoms with E-state index in [2.05, 4.69) is 19.6 Å². The van der Waals surface area contributed by atoms with Crippen LogP contribution in [0.4, 0.5) is 5.95 Å². The second kappa shape index (κ2) is 8.67. The first-order valence-corrected chi connectivity index (χ1v) is 10.7. The molecule has 2 aromatic rings. The Morgan fingerprint density at radius 3 is 2.56 bits per heavy atom. The molecule has 27 heavy (non-hydrogen) atoms. The quantitative estimate of drug-likeness (QED) is 0.781. The van der Waals surface area contributed by atoms with Gasteiger partial charge in [0.05, 0.1) is 11.5 Å². The van der Waals surface area contributed by atoms with E-state index < -0.39 is 10.0 Å². The SMILES string of the molecule is CCOc1ccc(S(=O)(=O)NCC2CCN(c3ncccn3)CC2)cc1C. The van der Waals surface area contributed by atoms with Crippen LogP contribution in [-0.2, 0) is 10.0 Å². The Bertz CT molecular complexity index is 851. The van der Waals surface area contributed by atoms with Crippen molar-refractivity contribution in [2.24, 2.45) is 5.92 Å². The summed E-state index contributed by atoms with van der Waals surface area (Å²) < 4.78 is 33.4. The molecule has 1 aliphatic heterocycles. The molecular weight excluding hydrogens is 364 g/mol. The van der Waals surface area contributed by atoms with Gasteiger partial charge >= 0.3 is 0 Å². The molecule has 0 saturated carbocycles. The fraction of sp³-hybridized carbons (Fsp3) is 0.474. The maximum atomic E-state index is 12.6. The van der Waals surface area contributed by atoms with Crippen LogP contribution in [-0.4, -0.2) is 44.6 Å². The van der Waals surface area contributed by atoms with E-state index in [1.165, 1.54) is 0 Å². The van der Waals surface area contributed by atoms with Crippen molar-refractivity contribution in [3.05, 3.63) is 42.2 Å². The topological polar surface area (TPSA) is 84.4 Å². The average Bonchev–Trinajstić information content (AvgIpc) is 2.69. The predicted molar refractivity (Wildman–Crippen MR) is 105 cm³/mol. The Balaban J connectivity index is 1.54. The van der Waals surface area contributed by atoms with Crippen LogP contribution < -0.4 is 14.4 Å². The zero-order chi connectivity index (χ0) is 19.3. The third kappa shape index (κ3) is 4.95. The number of ether oxygens (including phenoxy) is 1. The molecule has 0 radical (unpaired) electrons. The van der Waals surface area contributed by atoms with Crippen molar-refractivity contribution < 1.29 is 13.2 Å². The van der Waals surface area contributed by atoms with Crippen LogP contribution in [0, 0.1) is 12.8 Å². The van der Waals surface area contributed by atoms with Crippen LogP contribution in [0.25, 0.3) is 0 Å². The second-order valence-electron chi connectivity index (χ2n) is 6.69. The number of hydrogen-bond acceptors (Lipinski definition) is 6. The predicted octanol–water partition coefficient (Wildman–Crippen LogP) is 2.38. The van der Waals surface area contributed by atoms with Crippen molar-refractivity contribution >= 4 is 16.0 Å². The minimum atomic E-state index is -3.52. The van der Waals surface area contributed by atoms with Crippen LogP contribution in [0.1, 0.15) is 25.3 Å². The minimum absolute atomic E-state index is 0.276. The van der Waals surface area contributed by atoms with Gasteiger partial charge < -0.3 is 9.64 Å². The number of sulfonamides is 1. The molecule has 2 heterocycles. The molecule has 1 saturated heterocycles. The van der Waals surface area contributed by atoms with E-state index in [4.69, 9.17) is 4.74 Å². The first-order chi connectivity index (χ1) is 13.0.